The number of aromatic amines is 1. The summed E-state index contributed by atoms with van der Waals surface area (Å²) in [5.41, 5.74) is 5.31. The fourth-order valence-electron chi connectivity index (χ4n) is 3.81. The van der Waals surface area contributed by atoms with Crippen molar-refractivity contribution in [1.82, 2.24) is 24.5 Å². The molecule has 1 aliphatic rings. The molecule has 0 aromatic carbocycles. The molecule has 5 aromatic heterocycles. The van der Waals surface area contributed by atoms with E-state index in [-0.39, 0.29) is 35.1 Å². The van der Waals surface area contributed by atoms with Gasteiger partial charge >= 0.3 is 29.6 Å². The average molecular weight is 453 g/mol. The number of thiazole rings is 1. The van der Waals surface area contributed by atoms with Crippen molar-refractivity contribution in [2.24, 2.45) is 0 Å². The Hall–Kier alpha value is -2.52. The number of hydrogen-bond donors (Lipinski definition) is 2. The zero-order valence-electron chi connectivity index (χ0n) is 17.8. The first kappa shape index (κ1) is 22.7. The van der Waals surface area contributed by atoms with Crippen molar-refractivity contribution in [3.05, 3.63) is 77.0 Å². The Labute approximate surface area is 211 Å². The van der Waals surface area contributed by atoms with Gasteiger partial charge in [0.2, 0.25) is 0 Å². The standard InChI is InChI=1S/C17H18N4O.C6H3N2S.Na/c22-17-14-7-9-18-15(14)8-10-21(17)13-5-6-16(19-11-13)20-12-3-1-2-4-12;1-2-5-6(7-3-1)9-4-8-5;/h5-12,18H,1-4H2,(H,19,20);1-3H;/q;-1;+1. The van der Waals surface area contributed by atoms with E-state index < -0.39 is 0 Å². The molecule has 2 N–H and O–H groups in total. The van der Waals surface area contributed by atoms with E-state index in [2.05, 4.69) is 30.8 Å². The minimum Gasteiger partial charge on any atom is -0.385 e. The molecule has 156 valence electrons. The van der Waals surface area contributed by atoms with E-state index >= 15 is 0 Å². The van der Waals surface area contributed by atoms with Crippen LogP contribution in [-0.2, 0) is 0 Å². The van der Waals surface area contributed by atoms with Crippen molar-refractivity contribution in [1.29, 1.82) is 0 Å². The third kappa shape index (κ3) is 4.94. The largest absolute Gasteiger partial charge is 1.00 e. The van der Waals surface area contributed by atoms with Crippen LogP contribution in [0, 0.1) is 5.51 Å². The van der Waals surface area contributed by atoms with Crippen LogP contribution >= 0.6 is 11.3 Å². The van der Waals surface area contributed by atoms with Gasteiger partial charge in [-0.1, -0.05) is 24.4 Å². The number of aromatic nitrogens is 5. The number of H-pyrrole nitrogens is 1. The third-order valence-electron chi connectivity index (χ3n) is 5.41. The molecule has 0 atom stereocenters. The van der Waals surface area contributed by atoms with Crippen molar-refractivity contribution >= 4 is 38.4 Å². The molecule has 5 aromatic rings. The molecule has 1 fully saturated rings. The SMILES string of the molecule is O=c1c2cc[nH]c2ccn1-c1ccc(NC2CCCC2)nc1.[Na+].[c-]1nc2cccnc2s1. The molecular weight excluding hydrogens is 431 g/mol. The summed E-state index contributed by atoms with van der Waals surface area (Å²) in [6.07, 6.45) is 12.1. The monoisotopic (exact) mass is 452 g/mol. The van der Waals surface area contributed by atoms with E-state index in [4.69, 9.17) is 0 Å². The maximum absolute atomic E-state index is 12.5. The molecule has 0 unspecified atom stereocenters. The Kier molecular flexibility index (Phi) is 7.36. The van der Waals surface area contributed by atoms with Crippen molar-refractivity contribution in [3.8, 4) is 5.69 Å². The van der Waals surface area contributed by atoms with Crippen LogP contribution in [0.4, 0.5) is 5.82 Å². The van der Waals surface area contributed by atoms with Gasteiger partial charge in [0, 0.05) is 24.6 Å². The first-order valence-electron chi connectivity index (χ1n) is 10.3. The van der Waals surface area contributed by atoms with Crippen LogP contribution in [0.15, 0.2) is 66.0 Å². The zero-order valence-corrected chi connectivity index (χ0v) is 20.6. The van der Waals surface area contributed by atoms with Gasteiger partial charge in [0.05, 0.1) is 22.8 Å². The summed E-state index contributed by atoms with van der Waals surface area (Å²) >= 11 is 1.44. The van der Waals surface area contributed by atoms with E-state index in [9.17, 15) is 4.79 Å². The van der Waals surface area contributed by atoms with Crippen LogP contribution in [0.2, 0.25) is 0 Å². The van der Waals surface area contributed by atoms with Gasteiger partial charge in [-0.25, -0.2) is 4.98 Å². The number of nitrogens with zero attached hydrogens (tertiary/aromatic N) is 4. The van der Waals surface area contributed by atoms with E-state index in [1.807, 2.05) is 30.3 Å². The minimum atomic E-state index is -0.0305. The summed E-state index contributed by atoms with van der Waals surface area (Å²) < 4.78 is 1.63. The summed E-state index contributed by atoms with van der Waals surface area (Å²) in [5, 5.41) is 4.15. The van der Waals surface area contributed by atoms with Crippen molar-refractivity contribution < 1.29 is 29.6 Å². The molecule has 0 radical (unpaired) electrons. The van der Waals surface area contributed by atoms with Crippen molar-refractivity contribution in [3.63, 3.8) is 0 Å². The summed E-state index contributed by atoms with van der Waals surface area (Å²) in [6, 6.07) is 11.9. The molecule has 1 aliphatic carbocycles. The first-order chi connectivity index (χ1) is 15.3. The Morgan fingerprint density at radius 2 is 2.00 bits per heavy atom. The molecule has 0 saturated heterocycles. The Bertz CT molecular complexity index is 1320. The van der Waals surface area contributed by atoms with E-state index in [0.29, 0.717) is 11.4 Å². The van der Waals surface area contributed by atoms with Gasteiger partial charge in [-0.3, -0.25) is 20.7 Å². The van der Waals surface area contributed by atoms with Crippen LogP contribution in [0.5, 0.6) is 0 Å². The van der Waals surface area contributed by atoms with E-state index in [1.165, 1.54) is 37.0 Å². The number of pyridine rings is 3. The van der Waals surface area contributed by atoms with Crippen LogP contribution in [-0.4, -0.2) is 30.5 Å². The Morgan fingerprint density at radius 1 is 1.12 bits per heavy atom. The number of hydrogen-bond acceptors (Lipinski definition) is 6. The second kappa shape index (κ2) is 10.4. The normalized spacial score (nSPS) is 13.5. The molecule has 0 bridgehead atoms. The molecule has 0 spiro atoms. The zero-order chi connectivity index (χ0) is 21.0. The second-order valence-corrected chi connectivity index (χ2v) is 8.23. The molecule has 9 heteroatoms. The van der Waals surface area contributed by atoms with Gasteiger partial charge in [0.1, 0.15) is 5.82 Å². The van der Waals surface area contributed by atoms with Crippen molar-refractivity contribution in [2.75, 3.05) is 5.32 Å². The molecule has 0 aliphatic heterocycles. The summed E-state index contributed by atoms with van der Waals surface area (Å²) in [7, 11) is 0. The molecule has 7 nitrogen and oxygen atoms in total. The number of nitrogens with one attached hydrogen (secondary N) is 2. The molecular formula is C23H21N6NaOS. The number of anilines is 1. The molecule has 5 heterocycles. The van der Waals surface area contributed by atoms with Crippen LogP contribution < -0.4 is 40.4 Å². The second-order valence-electron chi connectivity index (χ2n) is 7.46. The average Bonchev–Trinajstić information content (AvgIpc) is 3.57. The topological polar surface area (TPSA) is 88.5 Å². The maximum Gasteiger partial charge on any atom is 1.00 e. The third-order valence-corrected chi connectivity index (χ3v) is 6.10. The van der Waals surface area contributed by atoms with Gasteiger partial charge in [-0.05, 0) is 47.4 Å². The molecule has 6 rings (SSSR count). The van der Waals surface area contributed by atoms with Crippen LogP contribution in [0.3, 0.4) is 0 Å². The smallest absolute Gasteiger partial charge is 0.385 e. The van der Waals surface area contributed by atoms with Gasteiger partial charge in [-0.15, -0.1) is 6.07 Å². The predicted octanol–water partition coefficient (Wildman–Crippen LogP) is 1.56. The predicted molar refractivity (Wildman–Crippen MR) is 124 cm³/mol. The van der Waals surface area contributed by atoms with Gasteiger partial charge < -0.3 is 20.3 Å². The fourth-order valence-corrected chi connectivity index (χ4v) is 4.37. The number of fused-ring (bicyclic) bond motifs is 2. The first-order valence-corrected chi connectivity index (χ1v) is 11.1. The molecule has 32 heavy (non-hydrogen) atoms. The van der Waals surface area contributed by atoms with Crippen LogP contribution in [0.25, 0.3) is 26.9 Å². The van der Waals surface area contributed by atoms with Crippen molar-refractivity contribution in [2.45, 2.75) is 31.7 Å². The van der Waals surface area contributed by atoms with Crippen LogP contribution in [0.1, 0.15) is 25.7 Å². The molecule has 0 amide bonds. The van der Waals surface area contributed by atoms with E-state index in [0.717, 1.165) is 27.4 Å². The summed E-state index contributed by atoms with van der Waals surface area (Å²) in [6.45, 7) is 0. The quantitative estimate of drug-likeness (QED) is 0.321. The molecule has 1 saturated carbocycles. The van der Waals surface area contributed by atoms with E-state index in [1.54, 1.807) is 35.4 Å². The minimum absolute atomic E-state index is 0. The number of rotatable bonds is 3. The maximum atomic E-state index is 12.5. The summed E-state index contributed by atoms with van der Waals surface area (Å²) in [4.78, 5) is 28.9. The summed E-state index contributed by atoms with van der Waals surface area (Å²) in [5.74, 6) is 0.881. The fraction of sp³-hybridized carbons (Fsp3) is 0.217. The van der Waals surface area contributed by atoms with Gasteiger partial charge in [-0.2, -0.15) is 0 Å². The Morgan fingerprint density at radius 3 is 2.78 bits per heavy atom. The Balaban J connectivity index is 0.000000205. The van der Waals surface area contributed by atoms with Gasteiger partial charge in [0.25, 0.3) is 5.56 Å². The van der Waals surface area contributed by atoms with Gasteiger partial charge in [0.15, 0.2) is 0 Å².